The van der Waals surface area contributed by atoms with Crippen LogP contribution in [0, 0.1) is 0 Å². The van der Waals surface area contributed by atoms with Crippen molar-refractivity contribution < 1.29 is 4.79 Å². The molecule has 0 radical (unpaired) electrons. The highest BCUT2D eigenvalue weighted by molar-refractivity contribution is 9.10. The summed E-state index contributed by atoms with van der Waals surface area (Å²) in [6.07, 6.45) is 0. The molecular formula is C11H16BrN3OS. The molecule has 1 amide bonds. The van der Waals surface area contributed by atoms with E-state index in [2.05, 4.69) is 31.5 Å². The molecule has 1 aliphatic heterocycles. The number of nitrogens with one attached hydrogen (secondary N) is 2. The Balaban J connectivity index is 1.90. The van der Waals surface area contributed by atoms with Crippen molar-refractivity contribution in [3.63, 3.8) is 0 Å². The third-order valence-electron chi connectivity index (χ3n) is 2.89. The second-order valence-corrected chi connectivity index (χ2v) is 5.91. The summed E-state index contributed by atoms with van der Waals surface area (Å²) in [4.78, 5) is 14.2. The van der Waals surface area contributed by atoms with Gasteiger partial charge in [-0.05, 0) is 28.9 Å². The number of rotatable bonds is 3. The molecule has 94 valence electrons. The maximum atomic E-state index is 12.0. The van der Waals surface area contributed by atoms with Crippen LogP contribution in [0.3, 0.4) is 0 Å². The van der Waals surface area contributed by atoms with Gasteiger partial charge in [0.15, 0.2) is 0 Å². The van der Waals surface area contributed by atoms with E-state index >= 15 is 0 Å². The molecule has 2 N–H and O–H groups in total. The molecule has 17 heavy (non-hydrogen) atoms. The number of anilines is 1. The third kappa shape index (κ3) is 3.51. The molecule has 1 unspecified atom stereocenters. The van der Waals surface area contributed by atoms with E-state index in [1.54, 1.807) is 0 Å². The second kappa shape index (κ2) is 5.95. The summed E-state index contributed by atoms with van der Waals surface area (Å²) in [7, 11) is 0. The molecule has 6 heteroatoms. The number of carbonyl (C=O) groups is 1. The first-order chi connectivity index (χ1) is 8.16. The fourth-order valence-corrected chi connectivity index (χ4v) is 3.16. The molecule has 0 saturated carbocycles. The largest absolute Gasteiger partial charge is 0.316 e. The molecule has 1 atom stereocenters. The van der Waals surface area contributed by atoms with Gasteiger partial charge >= 0.3 is 0 Å². The molecule has 4 nitrogen and oxygen atoms in total. The van der Waals surface area contributed by atoms with Gasteiger partial charge in [0, 0.05) is 36.0 Å². The van der Waals surface area contributed by atoms with Gasteiger partial charge in [-0.15, -0.1) is 11.3 Å². The van der Waals surface area contributed by atoms with Crippen molar-refractivity contribution in [3.05, 3.63) is 15.9 Å². The Morgan fingerprint density at radius 1 is 1.59 bits per heavy atom. The molecule has 2 rings (SSSR count). The van der Waals surface area contributed by atoms with Gasteiger partial charge in [-0.1, -0.05) is 0 Å². The van der Waals surface area contributed by atoms with Gasteiger partial charge in [0.2, 0.25) is 5.91 Å². The molecule has 0 bridgehead atoms. The summed E-state index contributed by atoms with van der Waals surface area (Å²) in [6, 6.07) is 1.85. The summed E-state index contributed by atoms with van der Waals surface area (Å²) in [6.45, 7) is 5.75. The quantitative estimate of drug-likeness (QED) is 0.892. The second-order valence-electron chi connectivity index (χ2n) is 4.08. The lowest BCUT2D eigenvalue weighted by atomic mass is 10.2. The summed E-state index contributed by atoms with van der Waals surface area (Å²) in [5.41, 5.74) is 0. The van der Waals surface area contributed by atoms with E-state index in [0.717, 1.165) is 35.7 Å². The van der Waals surface area contributed by atoms with Crippen molar-refractivity contribution >= 4 is 38.2 Å². The molecule has 1 aliphatic rings. The van der Waals surface area contributed by atoms with E-state index in [4.69, 9.17) is 0 Å². The third-order valence-corrected chi connectivity index (χ3v) is 4.50. The Labute approximate surface area is 114 Å². The number of nitrogens with zero attached hydrogens (tertiary/aromatic N) is 1. The van der Waals surface area contributed by atoms with Gasteiger partial charge in [-0.25, -0.2) is 0 Å². The van der Waals surface area contributed by atoms with E-state index < -0.39 is 0 Å². The lowest BCUT2D eigenvalue weighted by Crippen LogP contribution is -2.51. The van der Waals surface area contributed by atoms with Crippen LogP contribution in [0.25, 0.3) is 0 Å². The Kier molecular flexibility index (Phi) is 4.55. The van der Waals surface area contributed by atoms with Crippen LogP contribution >= 0.6 is 27.3 Å². The van der Waals surface area contributed by atoms with E-state index in [9.17, 15) is 4.79 Å². The first-order valence-electron chi connectivity index (χ1n) is 5.66. The molecule has 2 heterocycles. The molecule has 0 aliphatic carbocycles. The number of hydrogen-bond donors (Lipinski definition) is 2. The first-order valence-corrected chi connectivity index (χ1v) is 7.34. The molecule has 1 fully saturated rings. The highest BCUT2D eigenvalue weighted by Crippen LogP contribution is 2.24. The Hall–Kier alpha value is -0.430. The average Bonchev–Trinajstić information content (AvgIpc) is 2.75. The maximum Gasteiger partial charge on any atom is 0.242 e. The van der Waals surface area contributed by atoms with Crippen LogP contribution in [-0.4, -0.2) is 43.0 Å². The van der Waals surface area contributed by atoms with E-state index in [0.29, 0.717) is 0 Å². The molecule has 1 saturated heterocycles. The van der Waals surface area contributed by atoms with Gasteiger partial charge in [0.25, 0.3) is 0 Å². The molecule has 0 aromatic carbocycles. The van der Waals surface area contributed by atoms with E-state index in [1.807, 2.05) is 18.4 Å². The van der Waals surface area contributed by atoms with E-state index in [1.165, 1.54) is 11.3 Å². The minimum Gasteiger partial charge on any atom is -0.316 e. The zero-order valence-corrected chi connectivity index (χ0v) is 12.1. The van der Waals surface area contributed by atoms with Crippen LogP contribution in [0.5, 0.6) is 0 Å². The lowest BCUT2D eigenvalue weighted by Gasteiger charge is -2.31. The number of piperazine rings is 1. The zero-order chi connectivity index (χ0) is 12.3. The fraction of sp³-hybridized carbons (Fsp3) is 0.545. The highest BCUT2D eigenvalue weighted by Gasteiger charge is 2.22. The number of carbonyl (C=O) groups excluding carboxylic acids is 1. The number of halogens is 1. The van der Waals surface area contributed by atoms with Crippen molar-refractivity contribution in [2.45, 2.75) is 13.0 Å². The summed E-state index contributed by atoms with van der Waals surface area (Å²) < 4.78 is 1.01. The summed E-state index contributed by atoms with van der Waals surface area (Å²) in [5.74, 6) is 0.0706. The van der Waals surface area contributed by atoms with Crippen molar-refractivity contribution in [3.8, 4) is 0 Å². The molecule has 0 spiro atoms. The first kappa shape index (κ1) is 13.0. The SMILES string of the molecule is CC(C(=O)Nc1cc(Br)cs1)N1CCNCC1. The predicted molar refractivity (Wildman–Crippen MR) is 74.6 cm³/mol. The average molecular weight is 318 g/mol. The van der Waals surface area contributed by atoms with Crippen molar-refractivity contribution in [1.29, 1.82) is 0 Å². The molecule has 1 aromatic rings. The van der Waals surface area contributed by atoms with Gasteiger partial charge in [0.1, 0.15) is 0 Å². The van der Waals surface area contributed by atoms with Crippen LogP contribution < -0.4 is 10.6 Å². The molecular weight excluding hydrogens is 302 g/mol. The standard InChI is InChI=1S/C11H16BrN3OS/c1-8(15-4-2-13-3-5-15)11(16)14-10-6-9(12)7-17-10/h6-8,13H,2-5H2,1H3,(H,14,16). The van der Waals surface area contributed by atoms with Crippen LogP contribution in [-0.2, 0) is 4.79 Å². The van der Waals surface area contributed by atoms with Crippen LogP contribution in [0.15, 0.2) is 15.9 Å². The van der Waals surface area contributed by atoms with Gasteiger partial charge < -0.3 is 10.6 Å². The van der Waals surface area contributed by atoms with Gasteiger partial charge in [-0.2, -0.15) is 0 Å². The minimum atomic E-state index is -0.0713. The fourth-order valence-electron chi connectivity index (χ4n) is 1.84. The normalized spacial score (nSPS) is 18.9. The van der Waals surface area contributed by atoms with Crippen molar-refractivity contribution in [2.24, 2.45) is 0 Å². The van der Waals surface area contributed by atoms with Gasteiger partial charge in [0.05, 0.1) is 11.0 Å². The van der Waals surface area contributed by atoms with E-state index in [-0.39, 0.29) is 11.9 Å². The summed E-state index contributed by atoms with van der Waals surface area (Å²) in [5, 5.41) is 9.09. The van der Waals surface area contributed by atoms with Crippen LogP contribution in [0.1, 0.15) is 6.92 Å². The summed E-state index contributed by atoms with van der Waals surface area (Å²) >= 11 is 4.91. The Morgan fingerprint density at radius 2 is 2.29 bits per heavy atom. The highest BCUT2D eigenvalue weighted by atomic mass is 79.9. The monoisotopic (exact) mass is 317 g/mol. The number of hydrogen-bond acceptors (Lipinski definition) is 4. The molecule has 1 aromatic heterocycles. The minimum absolute atomic E-state index is 0.0706. The number of amides is 1. The van der Waals surface area contributed by atoms with Crippen molar-refractivity contribution in [2.75, 3.05) is 31.5 Å². The Morgan fingerprint density at radius 3 is 2.88 bits per heavy atom. The topological polar surface area (TPSA) is 44.4 Å². The van der Waals surface area contributed by atoms with Crippen LogP contribution in [0.2, 0.25) is 0 Å². The van der Waals surface area contributed by atoms with Crippen LogP contribution in [0.4, 0.5) is 5.00 Å². The number of thiophene rings is 1. The maximum absolute atomic E-state index is 12.0. The smallest absolute Gasteiger partial charge is 0.242 e. The van der Waals surface area contributed by atoms with Gasteiger partial charge in [-0.3, -0.25) is 9.69 Å². The lowest BCUT2D eigenvalue weighted by molar-refractivity contribution is -0.120. The zero-order valence-electron chi connectivity index (χ0n) is 9.70. The predicted octanol–water partition coefficient (Wildman–Crippen LogP) is 1.74. The Bertz CT molecular complexity index is 390. The van der Waals surface area contributed by atoms with Crippen molar-refractivity contribution in [1.82, 2.24) is 10.2 Å².